The first-order chi connectivity index (χ1) is 24.8. The summed E-state index contributed by atoms with van der Waals surface area (Å²) in [5, 5.41) is 24.0. The average molecular weight is 767 g/mol. The molecule has 3 heterocycles. The van der Waals surface area contributed by atoms with Gasteiger partial charge >= 0.3 is 12.1 Å². The van der Waals surface area contributed by atoms with Crippen LogP contribution in [0.2, 0.25) is 5.02 Å². The van der Waals surface area contributed by atoms with E-state index in [9.17, 15) is 24.6 Å². The Labute approximate surface area is 320 Å². The van der Waals surface area contributed by atoms with Crippen LogP contribution in [0.3, 0.4) is 0 Å². The monoisotopic (exact) mass is 766 g/mol. The van der Waals surface area contributed by atoms with Crippen LogP contribution in [0.25, 0.3) is 0 Å². The Bertz CT molecular complexity index is 1420. The number of nitrogens with zero attached hydrogens (tertiary/aromatic N) is 2. The summed E-state index contributed by atoms with van der Waals surface area (Å²) in [6.07, 6.45) is -4.51. The van der Waals surface area contributed by atoms with Gasteiger partial charge in [0.25, 0.3) is 0 Å². The van der Waals surface area contributed by atoms with Crippen molar-refractivity contribution in [2.75, 3.05) is 27.2 Å². The van der Waals surface area contributed by atoms with Crippen molar-refractivity contribution < 1.29 is 48.3 Å². The molecule has 2 N–H and O–H groups in total. The second-order valence-electron chi connectivity index (χ2n) is 16.1. The number of ether oxygens (including phenoxy) is 5. The van der Waals surface area contributed by atoms with Crippen LogP contribution in [-0.2, 0) is 39.7 Å². The van der Waals surface area contributed by atoms with E-state index in [0.717, 1.165) is 5.56 Å². The van der Waals surface area contributed by atoms with Crippen LogP contribution >= 0.6 is 11.6 Å². The van der Waals surface area contributed by atoms with E-state index in [1.807, 2.05) is 53.8 Å². The first-order valence-corrected chi connectivity index (χ1v) is 19.6. The number of carbonyl (C=O) groups is 3. The van der Waals surface area contributed by atoms with Crippen LogP contribution in [-0.4, -0.2) is 125 Å². The van der Waals surface area contributed by atoms with Gasteiger partial charge in [-0.1, -0.05) is 58.4 Å². The average Bonchev–Trinajstić information content (AvgIpc) is 3.39. The second kappa shape index (κ2) is 17.6. The number of methoxy groups -OCH3 is 1. The van der Waals surface area contributed by atoms with Gasteiger partial charge in [0, 0.05) is 42.5 Å². The number of hydrogen-bond acceptors (Lipinski definition) is 11. The molecule has 14 atom stereocenters. The smallest absolute Gasteiger partial charge is 0.410 e. The number of amides is 1. The Morgan fingerprint density at radius 2 is 1.64 bits per heavy atom. The maximum atomic E-state index is 14.6. The predicted molar refractivity (Wildman–Crippen MR) is 200 cm³/mol. The zero-order valence-electron chi connectivity index (χ0n) is 33.4. The number of hydrogen-bond donors (Lipinski definition) is 2. The summed E-state index contributed by atoms with van der Waals surface area (Å²) in [5.74, 6) is -3.94. The van der Waals surface area contributed by atoms with E-state index in [-0.39, 0.29) is 30.9 Å². The topological polar surface area (TPSA) is 144 Å². The third kappa shape index (κ3) is 9.06. The Hall–Kier alpha value is -2.32. The van der Waals surface area contributed by atoms with Gasteiger partial charge in [0.1, 0.15) is 18.0 Å². The summed E-state index contributed by atoms with van der Waals surface area (Å²) in [7, 11) is 3.46. The molecule has 13 heteroatoms. The number of ketones is 1. The van der Waals surface area contributed by atoms with E-state index in [0.29, 0.717) is 30.8 Å². The molecule has 3 aliphatic rings. The van der Waals surface area contributed by atoms with Gasteiger partial charge in [-0.05, 0) is 84.7 Å². The number of aliphatic hydroxyl groups is 2. The molecule has 3 aliphatic heterocycles. The number of aliphatic hydroxyl groups excluding tert-OH is 2. The maximum Gasteiger partial charge on any atom is 0.410 e. The molecule has 0 aliphatic carbocycles. The third-order valence-corrected chi connectivity index (χ3v) is 12.6. The van der Waals surface area contributed by atoms with E-state index in [1.165, 1.54) is 7.11 Å². The highest BCUT2D eigenvalue weighted by molar-refractivity contribution is 6.30. The van der Waals surface area contributed by atoms with Crippen molar-refractivity contribution in [2.45, 2.75) is 148 Å². The number of carbonyl (C=O) groups excluding carboxylic acids is 3. The summed E-state index contributed by atoms with van der Waals surface area (Å²) >= 11 is 6.11. The molecule has 0 saturated carbocycles. The van der Waals surface area contributed by atoms with Crippen molar-refractivity contribution >= 4 is 29.4 Å². The molecule has 300 valence electrons. The van der Waals surface area contributed by atoms with Gasteiger partial charge in [0.15, 0.2) is 11.9 Å². The molecular weight excluding hydrogens is 704 g/mol. The molecule has 1 aromatic carbocycles. The maximum absolute atomic E-state index is 14.6. The number of benzene rings is 1. The molecule has 0 aromatic heterocycles. The van der Waals surface area contributed by atoms with E-state index >= 15 is 0 Å². The highest BCUT2D eigenvalue weighted by Gasteiger charge is 2.60. The minimum Gasteiger partial charge on any atom is -0.458 e. The largest absolute Gasteiger partial charge is 0.458 e. The molecule has 0 bridgehead atoms. The minimum atomic E-state index is -1.37. The summed E-state index contributed by atoms with van der Waals surface area (Å²) in [5.41, 5.74) is -1.62. The zero-order valence-corrected chi connectivity index (χ0v) is 34.2. The SMILES string of the molecule is CC[C@H]1OC(=O)[C@H](C)[C@@H](O)[C@H](C)[C@@H](O[C@@H]2O[C@H](C)C[C@H](N(C)CC)[C@H]2O)[C@@](C)(OC)C[C@@H](C)C(=O)[C@@H](C)[C@H]2N(CCc3ccc(Cl)cc3)C(=O)O[C@]12C. The standard InChI is InChI=1S/C40H63ClN2O10/c1-12-30-40(9)34(43(38(48)53-40)19-18-27-14-16-28(41)17-15-27)24(5)31(44)22(3)21-39(8,49-11)35(25(6)32(45)26(7)36(47)51-30)52-37-33(46)29(42(10)13-2)20-23(4)50-37/h14-17,22-26,29-30,32-35,37,45-46H,12-13,18-21H2,1-11H3/t22-,23-,24-,25+,26-,29+,30-,32+,33-,34-,35-,37+,39+,40-/m1/s1. The summed E-state index contributed by atoms with van der Waals surface area (Å²) in [6.45, 7) is 17.3. The minimum absolute atomic E-state index is 0.134. The quantitative estimate of drug-likeness (QED) is 0.318. The number of likely N-dealkylation sites (N-methyl/N-ethyl adjacent to an activating group) is 1. The lowest BCUT2D eigenvalue weighted by Gasteiger charge is -2.48. The van der Waals surface area contributed by atoms with Crippen LogP contribution in [0.15, 0.2) is 24.3 Å². The molecule has 0 radical (unpaired) electrons. The zero-order chi connectivity index (χ0) is 39.6. The number of fused-ring (bicyclic) bond motifs is 1. The van der Waals surface area contributed by atoms with Crippen molar-refractivity contribution in [3.63, 3.8) is 0 Å². The summed E-state index contributed by atoms with van der Waals surface area (Å²) in [4.78, 5) is 46.0. The molecule has 53 heavy (non-hydrogen) atoms. The third-order valence-electron chi connectivity index (χ3n) is 12.3. The first-order valence-electron chi connectivity index (χ1n) is 19.2. The van der Waals surface area contributed by atoms with Crippen LogP contribution in [0, 0.1) is 23.7 Å². The number of cyclic esters (lactones) is 1. The molecule has 4 rings (SSSR count). The van der Waals surface area contributed by atoms with Gasteiger partial charge in [0.05, 0.1) is 35.9 Å². The summed E-state index contributed by atoms with van der Waals surface area (Å²) in [6, 6.07) is 6.33. The Kier molecular flexibility index (Phi) is 14.5. The number of Topliss-reactive ketones (excluding diaryl/α,β-unsaturated/α-hetero) is 1. The molecule has 12 nitrogen and oxygen atoms in total. The lowest BCUT2D eigenvalue weighted by Crippen LogP contribution is -2.61. The van der Waals surface area contributed by atoms with Crippen LogP contribution < -0.4 is 0 Å². The molecular formula is C40H63ClN2O10. The number of esters is 1. The highest BCUT2D eigenvalue weighted by Crippen LogP contribution is 2.43. The Morgan fingerprint density at radius 3 is 2.23 bits per heavy atom. The molecule has 0 unspecified atom stereocenters. The molecule has 3 saturated heterocycles. The Balaban J connectivity index is 1.76. The van der Waals surface area contributed by atoms with Crippen molar-refractivity contribution in [1.29, 1.82) is 0 Å². The summed E-state index contributed by atoms with van der Waals surface area (Å²) < 4.78 is 31.4. The lowest BCUT2D eigenvalue weighted by molar-refractivity contribution is -0.302. The first kappa shape index (κ1) is 43.4. The van der Waals surface area contributed by atoms with Crippen molar-refractivity contribution in [3.05, 3.63) is 34.9 Å². The van der Waals surface area contributed by atoms with Gasteiger partial charge < -0.3 is 38.8 Å². The molecule has 1 amide bonds. The van der Waals surface area contributed by atoms with Crippen LogP contribution in [0.5, 0.6) is 0 Å². The van der Waals surface area contributed by atoms with E-state index in [2.05, 4.69) is 4.90 Å². The lowest BCUT2D eigenvalue weighted by atomic mass is 9.73. The Morgan fingerprint density at radius 1 is 1.00 bits per heavy atom. The van der Waals surface area contributed by atoms with E-state index in [4.69, 9.17) is 35.3 Å². The van der Waals surface area contributed by atoms with Crippen molar-refractivity contribution in [2.24, 2.45) is 23.7 Å². The molecule has 1 aromatic rings. The fourth-order valence-electron chi connectivity index (χ4n) is 8.92. The van der Waals surface area contributed by atoms with Gasteiger partial charge in [-0.15, -0.1) is 0 Å². The fourth-order valence-corrected chi connectivity index (χ4v) is 9.05. The van der Waals surface area contributed by atoms with Crippen molar-refractivity contribution in [1.82, 2.24) is 9.80 Å². The second-order valence-corrected chi connectivity index (χ2v) is 16.5. The number of rotatable bonds is 9. The van der Waals surface area contributed by atoms with E-state index < -0.39 is 83.7 Å². The molecule has 0 spiro atoms. The fraction of sp³-hybridized carbons (Fsp3) is 0.775. The van der Waals surface area contributed by atoms with Gasteiger partial charge in [0.2, 0.25) is 0 Å². The highest BCUT2D eigenvalue weighted by atomic mass is 35.5. The van der Waals surface area contributed by atoms with Gasteiger partial charge in [-0.25, -0.2) is 4.79 Å². The van der Waals surface area contributed by atoms with Gasteiger partial charge in [-0.3, -0.25) is 14.5 Å². The normalized spacial score (nSPS) is 40.4. The number of halogens is 1. The van der Waals surface area contributed by atoms with Crippen LogP contribution in [0.4, 0.5) is 4.79 Å². The van der Waals surface area contributed by atoms with Crippen molar-refractivity contribution in [3.8, 4) is 0 Å². The van der Waals surface area contributed by atoms with E-state index in [1.54, 1.807) is 44.7 Å². The van der Waals surface area contributed by atoms with Crippen LogP contribution in [0.1, 0.15) is 87.1 Å². The predicted octanol–water partition coefficient (Wildman–Crippen LogP) is 5.27. The molecule has 3 fully saturated rings. The van der Waals surface area contributed by atoms with Gasteiger partial charge in [-0.2, -0.15) is 0 Å².